The summed E-state index contributed by atoms with van der Waals surface area (Å²) in [4.78, 5) is 96.4. The zero-order valence-corrected chi connectivity index (χ0v) is 31.8. The first-order valence-electron chi connectivity index (χ1n) is 18.8. The molecule has 2 aromatic heterocycles. The van der Waals surface area contributed by atoms with Gasteiger partial charge in [-0.25, -0.2) is 14.8 Å². The zero-order valence-electron chi connectivity index (χ0n) is 31.8. The number of aromatic amines is 2. The van der Waals surface area contributed by atoms with E-state index in [0.29, 0.717) is 30.7 Å². The Morgan fingerprint density at radius 2 is 1.38 bits per heavy atom. The lowest BCUT2D eigenvalue weighted by atomic mass is 9.98. The summed E-state index contributed by atoms with van der Waals surface area (Å²) in [6, 6.07) is 2.53. The Morgan fingerprint density at radius 1 is 0.818 bits per heavy atom. The van der Waals surface area contributed by atoms with Gasteiger partial charge in [0, 0.05) is 49.6 Å². The highest BCUT2D eigenvalue weighted by Crippen LogP contribution is 2.21. The molecule has 0 spiro atoms. The normalized spacial score (nSPS) is 17.3. The van der Waals surface area contributed by atoms with Crippen molar-refractivity contribution in [2.24, 2.45) is 17.6 Å². The number of imidazole rings is 2. The summed E-state index contributed by atoms with van der Waals surface area (Å²) in [6.45, 7) is 7.68. The van der Waals surface area contributed by atoms with Crippen LogP contribution < -0.4 is 27.0 Å². The molecular weight excluding hydrogens is 708 g/mol. The predicted molar refractivity (Wildman–Crippen MR) is 202 cm³/mol. The number of likely N-dealkylation sites (tertiary alicyclic amines) is 1. The molecule has 7 atom stereocenters. The number of hydrogen-bond donors (Lipinski definition) is 8. The highest BCUT2D eigenvalue weighted by molar-refractivity contribution is 5.97. The van der Waals surface area contributed by atoms with Crippen molar-refractivity contribution in [2.75, 3.05) is 6.54 Å². The third-order valence-electron chi connectivity index (χ3n) is 9.84. The van der Waals surface area contributed by atoms with Gasteiger partial charge in [-0.1, -0.05) is 64.4 Å². The van der Waals surface area contributed by atoms with Gasteiger partial charge < -0.3 is 47.0 Å². The van der Waals surface area contributed by atoms with Crippen molar-refractivity contribution in [3.8, 4) is 0 Å². The number of nitrogens with zero attached hydrogens (tertiary/aromatic N) is 3. The minimum Gasteiger partial charge on any atom is -0.480 e. The van der Waals surface area contributed by atoms with Crippen LogP contribution in [0.5, 0.6) is 0 Å². The first kappa shape index (κ1) is 42.2. The third kappa shape index (κ3) is 12.2. The van der Waals surface area contributed by atoms with E-state index in [1.165, 1.54) is 23.8 Å². The molecule has 3 heterocycles. The van der Waals surface area contributed by atoms with Crippen LogP contribution in [0.2, 0.25) is 0 Å². The van der Waals surface area contributed by atoms with Crippen LogP contribution in [0.1, 0.15) is 70.3 Å². The van der Waals surface area contributed by atoms with Crippen LogP contribution in [-0.2, 0) is 48.0 Å². The van der Waals surface area contributed by atoms with Crippen molar-refractivity contribution in [3.63, 3.8) is 0 Å². The Labute approximate surface area is 320 Å². The molecule has 0 unspecified atom stereocenters. The Morgan fingerprint density at radius 3 is 1.93 bits per heavy atom. The highest BCUT2D eigenvalue weighted by atomic mass is 16.4. The smallest absolute Gasteiger partial charge is 0.326 e. The number of carboxylic acid groups (broad SMARTS) is 1. The molecule has 4 rings (SSSR count). The average molecular weight is 763 g/mol. The number of carboxylic acids is 1. The van der Waals surface area contributed by atoms with E-state index >= 15 is 0 Å². The molecule has 5 amide bonds. The van der Waals surface area contributed by atoms with Crippen molar-refractivity contribution in [3.05, 3.63) is 72.3 Å². The molecular formula is C38H54N10O7. The minimum atomic E-state index is -1.23. The van der Waals surface area contributed by atoms with E-state index in [-0.39, 0.29) is 44.1 Å². The lowest BCUT2D eigenvalue weighted by molar-refractivity contribution is -0.143. The number of carbonyl (C=O) groups is 6. The minimum absolute atomic E-state index is 0.0334. The molecule has 1 aliphatic rings. The van der Waals surface area contributed by atoms with E-state index in [4.69, 9.17) is 5.73 Å². The molecule has 17 heteroatoms. The van der Waals surface area contributed by atoms with Crippen molar-refractivity contribution in [1.82, 2.24) is 46.1 Å². The quantitative estimate of drug-likeness (QED) is 0.0795. The summed E-state index contributed by atoms with van der Waals surface area (Å²) in [7, 11) is 0. The van der Waals surface area contributed by atoms with E-state index in [1.807, 2.05) is 33.8 Å². The van der Waals surface area contributed by atoms with Gasteiger partial charge in [-0.15, -0.1) is 0 Å². The molecule has 9 N–H and O–H groups in total. The van der Waals surface area contributed by atoms with Gasteiger partial charge in [-0.3, -0.25) is 24.0 Å². The molecule has 0 aliphatic carbocycles. The molecule has 1 aromatic carbocycles. The van der Waals surface area contributed by atoms with Crippen molar-refractivity contribution in [1.29, 1.82) is 0 Å². The summed E-state index contributed by atoms with van der Waals surface area (Å²) in [5.74, 6) is -4.32. The average Bonchev–Trinajstić information content (AvgIpc) is 3.97. The molecule has 55 heavy (non-hydrogen) atoms. The third-order valence-corrected chi connectivity index (χ3v) is 9.84. The number of carbonyl (C=O) groups excluding carboxylic acids is 5. The van der Waals surface area contributed by atoms with Gasteiger partial charge in [0.05, 0.1) is 18.7 Å². The number of aromatic nitrogens is 4. The van der Waals surface area contributed by atoms with Crippen molar-refractivity contribution < 1.29 is 33.9 Å². The Balaban J connectivity index is 1.56. The molecule has 17 nitrogen and oxygen atoms in total. The van der Waals surface area contributed by atoms with Crippen LogP contribution in [0.3, 0.4) is 0 Å². The number of amides is 5. The summed E-state index contributed by atoms with van der Waals surface area (Å²) in [5, 5.41) is 20.7. The number of nitrogens with one attached hydrogen (secondary N) is 6. The Kier molecular flexibility index (Phi) is 15.5. The number of aliphatic carboxylic acids is 1. The van der Waals surface area contributed by atoms with Crippen molar-refractivity contribution >= 4 is 35.5 Å². The second kappa shape index (κ2) is 20.2. The fraction of sp³-hybridized carbons (Fsp3) is 0.526. The number of rotatable bonds is 20. The first-order valence-corrected chi connectivity index (χ1v) is 18.8. The van der Waals surface area contributed by atoms with Gasteiger partial charge in [0.2, 0.25) is 29.5 Å². The number of nitrogens with two attached hydrogens (primary N) is 1. The fourth-order valence-corrected chi connectivity index (χ4v) is 6.49. The van der Waals surface area contributed by atoms with Crippen LogP contribution in [0.15, 0.2) is 55.4 Å². The lowest BCUT2D eigenvalue weighted by Gasteiger charge is -2.31. The van der Waals surface area contributed by atoms with Crippen LogP contribution in [0.4, 0.5) is 0 Å². The molecule has 3 aromatic rings. The Bertz CT molecular complexity index is 1720. The monoisotopic (exact) mass is 762 g/mol. The summed E-state index contributed by atoms with van der Waals surface area (Å²) in [5.41, 5.74) is 8.04. The van der Waals surface area contributed by atoms with E-state index in [0.717, 1.165) is 5.56 Å². The largest absolute Gasteiger partial charge is 0.480 e. The molecule has 0 bridgehead atoms. The van der Waals surface area contributed by atoms with Gasteiger partial charge >= 0.3 is 5.97 Å². The standard InChI is InChI=1S/C38H54N10O7/c1-5-23(4)32(39)36(52)46-29(17-26-19-41-21-43-26)37(53)48-13-9-12-31(48)35(51)45-27(15-24-10-7-6-8-11-24)33(49)44-28(16-25-18-40-20-42-25)34(50)47-30(38(54)55)14-22(2)3/h6-8,10-11,18-23,27-32H,5,9,12-17,39H2,1-4H3,(H,40,42)(H,41,43)(H,44,49)(H,45,51)(H,46,52)(H,47,50)(H,54,55)/t23-,27-,28-,29-,30-,31-,32-/m0/s1. The number of H-pyrrole nitrogens is 2. The van der Waals surface area contributed by atoms with Crippen LogP contribution in [-0.4, -0.2) is 108 Å². The lowest BCUT2D eigenvalue weighted by Crippen LogP contribution is -2.60. The number of hydrogen-bond acceptors (Lipinski definition) is 9. The maximum Gasteiger partial charge on any atom is 0.326 e. The summed E-state index contributed by atoms with van der Waals surface area (Å²) < 4.78 is 0. The van der Waals surface area contributed by atoms with Gasteiger partial charge in [-0.2, -0.15) is 0 Å². The molecule has 1 saturated heterocycles. The summed E-state index contributed by atoms with van der Waals surface area (Å²) >= 11 is 0. The van der Waals surface area contributed by atoms with Gasteiger partial charge in [0.1, 0.15) is 30.2 Å². The molecule has 0 saturated carbocycles. The zero-order chi connectivity index (χ0) is 40.1. The van der Waals surface area contributed by atoms with E-state index in [9.17, 15) is 33.9 Å². The molecule has 0 radical (unpaired) electrons. The van der Waals surface area contributed by atoms with Gasteiger partial charge in [-0.05, 0) is 36.7 Å². The predicted octanol–water partition coefficient (Wildman–Crippen LogP) is 0.595. The maximum atomic E-state index is 14.2. The van der Waals surface area contributed by atoms with E-state index in [2.05, 4.69) is 41.2 Å². The van der Waals surface area contributed by atoms with Crippen LogP contribution in [0.25, 0.3) is 0 Å². The fourth-order valence-electron chi connectivity index (χ4n) is 6.49. The molecule has 1 aliphatic heterocycles. The first-order chi connectivity index (χ1) is 26.3. The van der Waals surface area contributed by atoms with Crippen LogP contribution in [0, 0.1) is 11.8 Å². The van der Waals surface area contributed by atoms with E-state index in [1.54, 1.807) is 30.5 Å². The molecule has 298 valence electrons. The van der Waals surface area contributed by atoms with E-state index < -0.39 is 71.8 Å². The molecule has 1 fully saturated rings. The Hall–Kier alpha value is -5.58. The second-order valence-corrected chi connectivity index (χ2v) is 14.6. The second-order valence-electron chi connectivity index (χ2n) is 14.6. The number of benzene rings is 1. The van der Waals surface area contributed by atoms with Crippen LogP contribution >= 0.6 is 0 Å². The highest BCUT2D eigenvalue weighted by Gasteiger charge is 2.40. The van der Waals surface area contributed by atoms with Gasteiger partial charge in [0.25, 0.3) is 0 Å². The summed E-state index contributed by atoms with van der Waals surface area (Å²) in [6.07, 6.45) is 7.67. The van der Waals surface area contributed by atoms with Crippen molar-refractivity contribution in [2.45, 2.75) is 109 Å². The SMILES string of the molecule is CC[C@H](C)[C@H](N)C(=O)N[C@@H](Cc1cnc[nH]1)C(=O)N1CCC[C@H]1C(=O)N[C@@H](Cc1ccccc1)C(=O)N[C@@H](Cc1cnc[nH]1)C(=O)N[C@@H](CC(C)C)C(=O)O. The van der Waals surface area contributed by atoms with Gasteiger partial charge in [0.15, 0.2) is 0 Å². The maximum absolute atomic E-state index is 14.2. The topological polar surface area (TPSA) is 257 Å².